The van der Waals surface area contributed by atoms with Gasteiger partial charge in [-0.15, -0.1) is 0 Å². The summed E-state index contributed by atoms with van der Waals surface area (Å²) in [4.78, 5) is 23.7. The molecular weight excluding hydrogens is 242 g/mol. The fourth-order valence-corrected chi connectivity index (χ4v) is 1.77. The first-order chi connectivity index (χ1) is 8.83. The van der Waals surface area contributed by atoms with Crippen molar-refractivity contribution in [2.24, 2.45) is 5.41 Å². The van der Waals surface area contributed by atoms with E-state index in [2.05, 4.69) is 10.4 Å². The van der Waals surface area contributed by atoms with Crippen LogP contribution in [-0.2, 0) is 11.3 Å². The van der Waals surface area contributed by atoms with E-state index < -0.39 is 0 Å². The summed E-state index contributed by atoms with van der Waals surface area (Å²) < 4.78 is 1.68. The molecule has 0 saturated heterocycles. The molecule has 0 atom stereocenters. The van der Waals surface area contributed by atoms with Gasteiger partial charge in [0.1, 0.15) is 5.69 Å². The van der Waals surface area contributed by atoms with Crippen molar-refractivity contribution in [3.63, 3.8) is 0 Å². The Morgan fingerprint density at radius 3 is 2.63 bits per heavy atom. The largest absolute Gasteiger partial charge is 0.349 e. The van der Waals surface area contributed by atoms with E-state index >= 15 is 0 Å². The molecule has 0 aliphatic carbocycles. The van der Waals surface area contributed by atoms with Gasteiger partial charge in [-0.2, -0.15) is 5.10 Å². The van der Waals surface area contributed by atoms with Crippen LogP contribution >= 0.6 is 0 Å². The minimum Gasteiger partial charge on any atom is -0.349 e. The van der Waals surface area contributed by atoms with Crippen LogP contribution in [0.15, 0.2) is 12.3 Å². The zero-order valence-corrected chi connectivity index (χ0v) is 12.2. The lowest BCUT2D eigenvalue weighted by Crippen LogP contribution is -2.32. The van der Waals surface area contributed by atoms with Crippen molar-refractivity contribution in [3.8, 4) is 0 Å². The van der Waals surface area contributed by atoms with Gasteiger partial charge < -0.3 is 5.32 Å². The van der Waals surface area contributed by atoms with E-state index in [1.807, 2.05) is 27.7 Å². The minimum atomic E-state index is -0.104. The van der Waals surface area contributed by atoms with Crippen LogP contribution in [0.4, 0.5) is 0 Å². The average Bonchev–Trinajstić information content (AvgIpc) is 2.72. The number of ketones is 1. The summed E-state index contributed by atoms with van der Waals surface area (Å²) in [5.41, 5.74) is 0.481. The van der Waals surface area contributed by atoms with Gasteiger partial charge in [-0.1, -0.05) is 27.7 Å². The number of carbonyl (C=O) groups excluding carboxylic acids is 2. The van der Waals surface area contributed by atoms with Crippen molar-refractivity contribution in [2.45, 2.75) is 47.1 Å². The Morgan fingerprint density at radius 2 is 2.05 bits per heavy atom. The zero-order chi connectivity index (χ0) is 14.5. The van der Waals surface area contributed by atoms with Crippen LogP contribution in [0.1, 0.15) is 51.0 Å². The molecule has 0 aliphatic rings. The maximum Gasteiger partial charge on any atom is 0.220 e. The van der Waals surface area contributed by atoms with Crippen molar-refractivity contribution < 1.29 is 9.59 Å². The molecule has 1 aromatic rings. The molecule has 1 rings (SSSR count). The lowest BCUT2D eigenvalue weighted by atomic mass is 9.92. The summed E-state index contributed by atoms with van der Waals surface area (Å²) in [6, 6.07) is 1.69. The molecular formula is C14H23N3O2. The van der Waals surface area contributed by atoms with E-state index in [9.17, 15) is 9.59 Å². The molecule has 1 aromatic heterocycles. The first kappa shape index (κ1) is 15.4. The second kappa shape index (κ2) is 6.50. The second-order valence-corrected chi connectivity index (χ2v) is 5.88. The van der Waals surface area contributed by atoms with E-state index in [4.69, 9.17) is 0 Å². The van der Waals surface area contributed by atoms with Crippen LogP contribution < -0.4 is 5.32 Å². The summed E-state index contributed by atoms with van der Waals surface area (Å²) in [5.74, 6) is -0.199. The molecule has 5 heteroatoms. The SMILES string of the molecule is CCCn1nccc1C(=O)CNC(=O)CC(C)(C)C. The lowest BCUT2D eigenvalue weighted by Gasteiger charge is -2.17. The number of rotatable bonds is 6. The van der Waals surface area contributed by atoms with E-state index in [0.717, 1.165) is 6.42 Å². The highest BCUT2D eigenvalue weighted by atomic mass is 16.2. The number of Topliss-reactive ketones (excluding diaryl/α,β-unsaturated/α-hetero) is 1. The van der Waals surface area contributed by atoms with Crippen LogP contribution in [0.2, 0.25) is 0 Å². The third-order valence-electron chi connectivity index (χ3n) is 2.57. The molecule has 1 N–H and O–H groups in total. The van der Waals surface area contributed by atoms with Gasteiger partial charge in [0.25, 0.3) is 0 Å². The third kappa shape index (κ3) is 5.24. The second-order valence-electron chi connectivity index (χ2n) is 5.88. The zero-order valence-electron chi connectivity index (χ0n) is 12.2. The third-order valence-corrected chi connectivity index (χ3v) is 2.57. The van der Waals surface area contributed by atoms with Gasteiger partial charge in [0.05, 0.1) is 6.54 Å². The molecule has 0 unspecified atom stereocenters. The Balaban J connectivity index is 2.51. The highest BCUT2D eigenvalue weighted by molar-refractivity contribution is 5.97. The normalized spacial score (nSPS) is 11.4. The molecule has 0 aromatic carbocycles. The minimum absolute atomic E-state index is 0.0321. The number of nitrogens with zero attached hydrogens (tertiary/aromatic N) is 2. The number of aryl methyl sites for hydroxylation is 1. The Kier molecular flexibility index (Phi) is 5.27. The Bertz CT molecular complexity index is 444. The summed E-state index contributed by atoms with van der Waals surface area (Å²) >= 11 is 0. The summed E-state index contributed by atoms with van der Waals surface area (Å²) in [6.07, 6.45) is 2.94. The first-order valence-corrected chi connectivity index (χ1v) is 6.65. The van der Waals surface area contributed by atoms with Gasteiger partial charge in [0.15, 0.2) is 5.78 Å². The van der Waals surface area contributed by atoms with Crippen LogP contribution in [-0.4, -0.2) is 28.0 Å². The van der Waals surface area contributed by atoms with E-state index in [-0.39, 0.29) is 23.7 Å². The van der Waals surface area contributed by atoms with Gasteiger partial charge in [-0.3, -0.25) is 14.3 Å². The van der Waals surface area contributed by atoms with Gasteiger partial charge >= 0.3 is 0 Å². The van der Waals surface area contributed by atoms with Crippen molar-refractivity contribution in [3.05, 3.63) is 18.0 Å². The molecule has 0 fully saturated rings. The Labute approximate surface area is 114 Å². The van der Waals surface area contributed by atoms with E-state index in [1.165, 1.54) is 0 Å². The summed E-state index contributed by atoms with van der Waals surface area (Å²) in [7, 11) is 0. The van der Waals surface area contributed by atoms with Crippen LogP contribution in [0.5, 0.6) is 0 Å². The molecule has 0 aliphatic heterocycles. The van der Waals surface area contributed by atoms with Gasteiger partial charge in [-0.25, -0.2) is 0 Å². The number of nitrogens with one attached hydrogen (secondary N) is 1. The average molecular weight is 265 g/mol. The van der Waals surface area contributed by atoms with Crippen molar-refractivity contribution >= 4 is 11.7 Å². The maximum absolute atomic E-state index is 12.0. The molecule has 1 heterocycles. The van der Waals surface area contributed by atoms with Crippen molar-refractivity contribution in [2.75, 3.05) is 6.54 Å². The Hall–Kier alpha value is -1.65. The molecule has 0 spiro atoms. The quantitative estimate of drug-likeness (QED) is 0.800. The predicted octanol–water partition coefficient (Wildman–Crippen LogP) is 2.03. The standard InChI is InChI=1S/C14H23N3O2/c1-5-8-17-11(6-7-16-17)12(18)10-15-13(19)9-14(2,3)4/h6-7H,5,8-10H2,1-4H3,(H,15,19). The van der Waals surface area contributed by atoms with Gasteiger partial charge in [0, 0.05) is 19.2 Å². The highest BCUT2D eigenvalue weighted by Crippen LogP contribution is 2.17. The molecule has 5 nitrogen and oxygen atoms in total. The van der Waals surface area contributed by atoms with Crippen molar-refractivity contribution in [1.29, 1.82) is 0 Å². The summed E-state index contributed by atoms with van der Waals surface area (Å²) in [5, 5.41) is 6.76. The number of hydrogen-bond acceptors (Lipinski definition) is 3. The number of carbonyl (C=O) groups is 2. The molecule has 0 radical (unpaired) electrons. The summed E-state index contributed by atoms with van der Waals surface area (Å²) in [6.45, 7) is 8.75. The number of hydrogen-bond donors (Lipinski definition) is 1. The molecule has 0 bridgehead atoms. The first-order valence-electron chi connectivity index (χ1n) is 6.65. The molecule has 106 valence electrons. The molecule has 19 heavy (non-hydrogen) atoms. The lowest BCUT2D eigenvalue weighted by molar-refractivity contribution is -0.122. The topological polar surface area (TPSA) is 64.0 Å². The van der Waals surface area contributed by atoms with Crippen LogP contribution in [0.25, 0.3) is 0 Å². The molecule has 0 saturated carbocycles. The predicted molar refractivity (Wildman–Crippen MR) is 73.9 cm³/mol. The van der Waals surface area contributed by atoms with Crippen LogP contribution in [0, 0.1) is 5.41 Å². The smallest absolute Gasteiger partial charge is 0.220 e. The van der Waals surface area contributed by atoms with E-state index in [1.54, 1.807) is 16.9 Å². The highest BCUT2D eigenvalue weighted by Gasteiger charge is 2.17. The fraction of sp³-hybridized carbons (Fsp3) is 0.643. The maximum atomic E-state index is 12.0. The van der Waals surface area contributed by atoms with Gasteiger partial charge in [-0.05, 0) is 17.9 Å². The van der Waals surface area contributed by atoms with Crippen molar-refractivity contribution in [1.82, 2.24) is 15.1 Å². The number of amides is 1. The van der Waals surface area contributed by atoms with E-state index in [0.29, 0.717) is 18.7 Å². The molecule has 1 amide bonds. The number of aromatic nitrogens is 2. The Morgan fingerprint density at radius 1 is 1.37 bits per heavy atom. The van der Waals surface area contributed by atoms with Crippen LogP contribution in [0.3, 0.4) is 0 Å². The monoisotopic (exact) mass is 265 g/mol. The fourth-order valence-electron chi connectivity index (χ4n) is 1.77. The van der Waals surface area contributed by atoms with Gasteiger partial charge in [0.2, 0.25) is 5.91 Å².